The number of aryl methyl sites for hydroxylation is 3. The smallest absolute Gasteiger partial charge is 0.0851 e. The van der Waals surface area contributed by atoms with E-state index in [2.05, 4.69) is 44.0 Å². The standard InChI is InChI=1S/C15H20BrN3S/c1-3-19-15(11(16)9-18-19)14(17-2)13-8-10-6-4-5-7-12(10)20-13/h8-9,14,17H,3-7H2,1-2H3. The number of nitrogens with one attached hydrogen (secondary N) is 1. The van der Waals surface area contributed by atoms with Crippen molar-refractivity contribution >= 4 is 27.3 Å². The summed E-state index contributed by atoms with van der Waals surface area (Å²) in [5, 5.41) is 7.91. The molecular formula is C15H20BrN3S. The van der Waals surface area contributed by atoms with Crippen LogP contribution in [-0.4, -0.2) is 16.8 Å². The van der Waals surface area contributed by atoms with E-state index in [9.17, 15) is 0 Å². The summed E-state index contributed by atoms with van der Waals surface area (Å²) in [5.41, 5.74) is 2.80. The van der Waals surface area contributed by atoms with Crippen LogP contribution in [-0.2, 0) is 19.4 Å². The van der Waals surface area contributed by atoms with E-state index in [0.717, 1.165) is 11.0 Å². The predicted octanol–water partition coefficient (Wildman–Crippen LogP) is 3.91. The molecule has 1 aliphatic rings. The zero-order valence-electron chi connectivity index (χ0n) is 11.9. The van der Waals surface area contributed by atoms with Gasteiger partial charge in [-0.3, -0.25) is 4.68 Å². The predicted molar refractivity (Wildman–Crippen MR) is 87.5 cm³/mol. The Morgan fingerprint density at radius 2 is 2.25 bits per heavy atom. The maximum absolute atomic E-state index is 4.44. The zero-order chi connectivity index (χ0) is 14.1. The second-order valence-electron chi connectivity index (χ2n) is 5.22. The molecule has 108 valence electrons. The highest BCUT2D eigenvalue weighted by atomic mass is 79.9. The molecule has 2 aromatic heterocycles. The molecule has 0 spiro atoms. The van der Waals surface area contributed by atoms with E-state index >= 15 is 0 Å². The van der Waals surface area contributed by atoms with Crippen LogP contribution in [0.1, 0.15) is 46.8 Å². The average Bonchev–Trinajstić information content (AvgIpc) is 3.04. The highest BCUT2D eigenvalue weighted by Crippen LogP contribution is 2.37. The average molecular weight is 354 g/mol. The highest BCUT2D eigenvalue weighted by molar-refractivity contribution is 9.10. The van der Waals surface area contributed by atoms with Crippen molar-refractivity contribution in [3.8, 4) is 0 Å². The second kappa shape index (κ2) is 6.00. The van der Waals surface area contributed by atoms with Gasteiger partial charge in [0.25, 0.3) is 0 Å². The van der Waals surface area contributed by atoms with Gasteiger partial charge in [-0.05, 0) is 67.2 Å². The summed E-state index contributed by atoms with van der Waals surface area (Å²) in [7, 11) is 2.03. The van der Waals surface area contributed by atoms with Crippen LogP contribution in [0.5, 0.6) is 0 Å². The van der Waals surface area contributed by atoms with E-state index in [1.165, 1.54) is 36.3 Å². The van der Waals surface area contributed by atoms with E-state index < -0.39 is 0 Å². The van der Waals surface area contributed by atoms with Crippen molar-refractivity contribution in [1.29, 1.82) is 0 Å². The highest BCUT2D eigenvalue weighted by Gasteiger charge is 2.24. The quantitative estimate of drug-likeness (QED) is 0.902. The van der Waals surface area contributed by atoms with Crippen molar-refractivity contribution in [3.63, 3.8) is 0 Å². The lowest BCUT2D eigenvalue weighted by Gasteiger charge is -2.17. The van der Waals surface area contributed by atoms with Crippen LogP contribution in [0.4, 0.5) is 0 Å². The molecule has 3 nitrogen and oxygen atoms in total. The molecule has 1 aliphatic carbocycles. The SMILES string of the molecule is CCn1ncc(Br)c1C(NC)c1cc2c(s1)CCCC2. The Morgan fingerprint density at radius 3 is 2.95 bits per heavy atom. The zero-order valence-corrected chi connectivity index (χ0v) is 14.4. The number of halogens is 1. The van der Waals surface area contributed by atoms with E-state index in [0.29, 0.717) is 0 Å². The lowest BCUT2D eigenvalue weighted by Crippen LogP contribution is -2.21. The summed E-state index contributed by atoms with van der Waals surface area (Å²) in [6.45, 7) is 3.03. The summed E-state index contributed by atoms with van der Waals surface area (Å²) in [6.07, 6.45) is 7.08. The van der Waals surface area contributed by atoms with Crippen molar-refractivity contribution in [1.82, 2.24) is 15.1 Å². The lowest BCUT2D eigenvalue weighted by molar-refractivity contribution is 0.566. The van der Waals surface area contributed by atoms with Crippen LogP contribution in [0.3, 0.4) is 0 Å². The van der Waals surface area contributed by atoms with Crippen LogP contribution in [0, 0.1) is 0 Å². The first-order chi connectivity index (χ1) is 9.74. The Labute approximate surface area is 132 Å². The van der Waals surface area contributed by atoms with Gasteiger partial charge in [-0.15, -0.1) is 11.3 Å². The van der Waals surface area contributed by atoms with Crippen molar-refractivity contribution < 1.29 is 0 Å². The van der Waals surface area contributed by atoms with E-state index in [1.807, 2.05) is 24.6 Å². The van der Waals surface area contributed by atoms with Crippen molar-refractivity contribution in [3.05, 3.63) is 37.7 Å². The molecule has 0 amide bonds. The summed E-state index contributed by atoms with van der Waals surface area (Å²) < 4.78 is 3.16. The van der Waals surface area contributed by atoms with Crippen LogP contribution in [0.2, 0.25) is 0 Å². The molecule has 0 radical (unpaired) electrons. The molecule has 0 bridgehead atoms. The van der Waals surface area contributed by atoms with Crippen LogP contribution < -0.4 is 5.32 Å². The first kappa shape index (κ1) is 14.3. The van der Waals surface area contributed by atoms with Crippen molar-refractivity contribution in [2.75, 3.05) is 7.05 Å². The molecule has 20 heavy (non-hydrogen) atoms. The van der Waals surface area contributed by atoms with Crippen molar-refractivity contribution in [2.45, 2.75) is 45.2 Å². The van der Waals surface area contributed by atoms with Crippen molar-refractivity contribution in [2.24, 2.45) is 0 Å². The van der Waals surface area contributed by atoms with Crippen LogP contribution in [0.25, 0.3) is 0 Å². The van der Waals surface area contributed by atoms with Gasteiger partial charge in [-0.25, -0.2) is 0 Å². The molecule has 1 atom stereocenters. The van der Waals surface area contributed by atoms with Gasteiger partial charge >= 0.3 is 0 Å². The van der Waals surface area contributed by atoms with Gasteiger partial charge < -0.3 is 5.32 Å². The maximum atomic E-state index is 4.44. The van der Waals surface area contributed by atoms with E-state index in [-0.39, 0.29) is 6.04 Å². The number of thiophene rings is 1. The van der Waals surface area contributed by atoms with Gasteiger partial charge in [-0.2, -0.15) is 5.10 Å². The van der Waals surface area contributed by atoms with Gasteiger partial charge in [-0.1, -0.05) is 0 Å². The Hall–Kier alpha value is -0.650. The summed E-state index contributed by atoms with van der Waals surface area (Å²) in [6, 6.07) is 2.63. The molecule has 3 rings (SSSR count). The third kappa shape index (κ3) is 2.47. The molecule has 0 aliphatic heterocycles. The van der Waals surface area contributed by atoms with Gasteiger partial charge in [0.2, 0.25) is 0 Å². The van der Waals surface area contributed by atoms with Gasteiger partial charge in [0.1, 0.15) is 0 Å². The first-order valence-electron chi connectivity index (χ1n) is 7.24. The number of rotatable bonds is 4. The normalized spacial score (nSPS) is 16.1. The summed E-state index contributed by atoms with van der Waals surface area (Å²) >= 11 is 5.62. The third-order valence-electron chi connectivity index (χ3n) is 4.00. The van der Waals surface area contributed by atoms with E-state index in [1.54, 1.807) is 10.4 Å². The molecule has 0 fully saturated rings. The third-order valence-corrected chi connectivity index (χ3v) is 5.91. The molecule has 0 aromatic carbocycles. The lowest BCUT2D eigenvalue weighted by atomic mass is 9.98. The number of hydrogen-bond donors (Lipinski definition) is 1. The molecule has 2 aromatic rings. The Morgan fingerprint density at radius 1 is 1.45 bits per heavy atom. The van der Waals surface area contributed by atoms with Crippen LogP contribution >= 0.6 is 27.3 Å². The Kier molecular flexibility index (Phi) is 4.29. The molecular weight excluding hydrogens is 334 g/mol. The largest absolute Gasteiger partial charge is 0.307 e. The van der Waals surface area contributed by atoms with Crippen LogP contribution in [0.15, 0.2) is 16.7 Å². The first-order valence-corrected chi connectivity index (χ1v) is 8.85. The molecule has 5 heteroatoms. The number of hydrogen-bond acceptors (Lipinski definition) is 3. The van der Waals surface area contributed by atoms with E-state index in [4.69, 9.17) is 0 Å². The minimum absolute atomic E-state index is 0.224. The molecule has 0 saturated carbocycles. The fourth-order valence-corrected chi connectivity index (χ4v) is 4.88. The number of nitrogens with zero attached hydrogens (tertiary/aromatic N) is 2. The molecule has 0 saturated heterocycles. The maximum Gasteiger partial charge on any atom is 0.0851 e. The minimum atomic E-state index is 0.224. The topological polar surface area (TPSA) is 29.9 Å². The monoisotopic (exact) mass is 353 g/mol. The van der Waals surface area contributed by atoms with Gasteiger partial charge in [0, 0.05) is 16.3 Å². The van der Waals surface area contributed by atoms with Gasteiger partial charge in [0.15, 0.2) is 0 Å². The minimum Gasteiger partial charge on any atom is -0.307 e. The summed E-state index contributed by atoms with van der Waals surface area (Å²) in [5.74, 6) is 0. The Balaban J connectivity index is 2.01. The van der Waals surface area contributed by atoms with Gasteiger partial charge in [0.05, 0.1) is 22.4 Å². The molecule has 1 unspecified atom stereocenters. The molecule has 1 N–H and O–H groups in total. The number of aromatic nitrogens is 2. The summed E-state index contributed by atoms with van der Waals surface area (Å²) in [4.78, 5) is 3.00. The number of fused-ring (bicyclic) bond motifs is 1. The fraction of sp³-hybridized carbons (Fsp3) is 0.533. The fourth-order valence-electron chi connectivity index (χ4n) is 2.98. The second-order valence-corrected chi connectivity index (χ2v) is 7.24. The Bertz CT molecular complexity index is 579. The molecule has 2 heterocycles.